The lowest BCUT2D eigenvalue weighted by molar-refractivity contribution is -0.151. The molecule has 92 valence electrons. The fraction of sp³-hybridized carbons (Fsp3) is 0.917. The van der Waals surface area contributed by atoms with Crippen molar-refractivity contribution in [2.24, 2.45) is 0 Å². The summed E-state index contributed by atoms with van der Waals surface area (Å²) in [7, 11) is 0. The molecule has 0 aromatic heterocycles. The minimum atomic E-state index is -1.98. The van der Waals surface area contributed by atoms with Crippen LogP contribution in [0.15, 0.2) is 0 Å². The normalized spacial score (nSPS) is 33.8. The molecular weight excluding hydrogens is 209 g/mol. The minimum Gasteiger partial charge on any atom is -0.479 e. The van der Waals surface area contributed by atoms with Crippen LogP contribution in [0, 0.1) is 0 Å². The van der Waals surface area contributed by atoms with Gasteiger partial charge in [-0.15, -0.1) is 0 Å². The number of hydrogen-bond acceptors (Lipinski definition) is 2. The predicted molar refractivity (Wildman–Crippen MR) is 59.2 cm³/mol. The van der Waals surface area contributed by atoms with Crippen LogP contribution in [0.1, 0.15) is 44.9 Å². The van der Waals surface area contributed by atoms with E-state index in [1.807, 2.05) is 0 Å². The molecule has 0 spiro atoms. The van der Waals surface area contributed by atoms with Crippen LogP contribution in [0.25, 0.3) is 0 Å². The Balaban J connectivity index is 1.94. The van der Waals surface area contributed by atoms with Crippen molar-refractivity contribution in [2.75, 3.05) is 13.1 Å². The first-order valence-electron chi connectivity index (χ1n) is 6.28. The third-order valence-electron chi connectivity index (χ3n) is 4.04. The maximum absolute atomic E-state index is 14.0. The summed E-state index contributed by atoms with van der Waals surface area (Å²) in [6, 6.07) is 0.580. The van der Waals surface area contributed by atoms with E-state index < -0.39 is 11.6 Å². The van der Waals surface area contributed by atoms with Crippen LogP contribution in [0.3, 0.4) is 0 Å². The minimum absolute atomic E-state index is 0.152. The van der Waals surface area contributed by atoms with Gasteiger partial charge in [-0.2, -0.15) is 0 Å². The van der Waals surface area contributed by atoms with Crippen LogP contribution in [-0.2, 0) is 4.79 Å². The number of rotatable bonds is 2. The van der Waals surface area contributed by atoms with Gasteiger partial charge in [-0.1, -0.05) is 12.8 Å². The van der Waals surface area contributed by atoms with E-state index in [-0.39, 0.29) is 12.8 Å². The second-order valence-corrected chi connectivity index (χ2v) is 5.10. The fourth-order valence-corrected chi connectivity index (χ4v) is 2.97. The molecule has 1 aliphatic heterocycles. The molecule has 1 N–H and O–H groups in total. The van der Waals surface area contributed by atoms with Gasteiger partial charge >= 0.3 is 5.97 Å². The first-order chi connectivity index (χ1) is 7.62. The highest BCUT2D eigenvalue weighted by Gasteiger charge is 2.41. The summed E-state index contributed by atoms with van der Waals surface area (Å²) in [6.07, 6.45) is 5.92. The van der Waals surface area contributed by atoms with E-state index in [4.69, 9.17) is 5.11 Å². The molecule has 16 heavy (non-hydrogen) atoms. The summed E-state index contributed by atoms with van der Waals surface area (Å²) in [6.45, 7) is 1.47. The number of aliphatic carboxylic acids is 1. The van der Waals surface area contributed by atoms with Crippen LogP contribution in [0.5, 0.6) is 0 Å². The molecule has 0 bridgehead atoms. The van der Waals surface area contributed by atoms with E-state index >= 15 is 0 Å². The van der Waals surface area contributed by atoms with Crippen LogP contribution in [0.4, 0.5) is 4.39 Å². The molecule has 1 saturated carbocycles. The van der Waals surface area contributed by atoms with E-state index in [0.29, 0.717) is 19.0 Å². The molecule has 4 heteroatoms. The number of alkyl halides is 1. The molecule has 1 unspecified atom stereocenters. The number of carbonyl (C=O) groups is 1. The molecule has 2 aliphatic rings. The first kappa shape index (κ1) is 11.8. The van der Waals surface area contributed by atoms with Gasteiger partial charge in [0.2, 0.25) is 5.67 Å². The third-order valence-corrected chi connectivity index (χ3v) is 4.04. The molecule has 1 atom stereocenters. The van der Waals surface area contributed by atoms with Gasteiger partial charge in [0.05, 0.1) is 0 Å². The molecule has 3 nitrogen and oxygen atoms in total. The van der Waals surface area contributed by atoms with E-state index in [9.17, 15) is 9.18 Å². The van der Waals surface area contributed by atoms with Gasteiger partial charge in [-0.25, -0.2) is 9.18 Å². The van der Waals surface area contributed by atoms with Gasteiger partial charge in [0.15, 0.2) is 0 Å². The average Bonchev–Trinajstić information content (AvgIpc) is 2.69. The van der Waals surface area contributed by atoms with Gasteiger partial charge in [0.25, 0.3) is 0 Å². The van der Waals surface area contributed by atoms with Gasteiger partial charge in [0.1, 0.15) is 0 Å². The highest BCUT2D eigenvalue weighted by Crippen LogP contribution is 2.31. The Hall–Kier alpha value is -0.640. The average molecular weight is 229 g/mol. The molecule has 0 aromatic rings. The van der Waals surface area contributed by atoms with Gasteiger partial charge in [0, 0.05) is 19.0 Å². The van der Waals surface area contributed by atoms with Crippen LogP contribution in [-0.4, -0.2) is 40.8 Å². The van der Waals surface area contributed by atoms with Crippen LogP contribution < -0.4 is 0 Å². The quantitative estimate of drug-likeness (QED) is 0.789. The smallest absolute Gasteiger partial charge is 0.341 e. The molecule has 2 fully saturated rings. The molecular formula is C12H20FNO2. The summed E-state index contributed by atoms with van der Waals surface area (Å²) >= 11 is 0. The van der Waals surface area contributed by atoms with Crippen molar-refractivity contribution in [3.8, 4) is 0 Å². The SMILES string of the molecule is O=C(O)C1(F)CCCN(C2CCCC2)CC1. The highest BCUT2D eigenvalue weighted by molar-refractivity contribution is 5.77. The second kappa shape index (κ2) is 4.70. The van der Waals surface area contributed by atoms with E-state index in [1.165, 1.54) is 25.7 Å². The third kappa shape index (κ3) is 2.37. The molecule has 1 heterocycles. The summed E-state index contributed by atoms with van der Waals surface area (Å²) in [5.74, 6) is -1.28. The molecule has 1 saturated heterocycles. The van der Waals surface area contributed by atoms with E-state index in [0.717, 1.165) is 6.54 Å². The van der Waals surface area contributed by atoms with Crippen molar-refractivity contribution < 1.29 is 14.3 Å². The Morgan fingerprint density at radius 1 is 1.19 bits per heavy atom. The lowest BCUT2D eigenvalue weighted by Crippen LogP contribution is -2.37. The second-order valence-electron chi connectivity index (χ2n) is 5.10. The van der Waals surface area contributed by atoms with Gasteiger partial charge < -0.3 is 10.0 Å². The number of hydrogen-bond donors (Lipinski definition) is 1. The topological polar surface area (TPSA) is 40.5 Å². The lowest BCUT2D eigenvalue weighted by atomic mass is 9.97. The molecule has 2 rings (SSSR count). The monoisotopic (exact) mass is 229 g/mol. The number of halogens is 1. The summed E-state index contributed by atoms with van der Waals surface area (Å²) in [4.78, 5) is 13.2. The maximum Gasteiger partial charge on any atom is 0.341 e. The predicted octanol–water partition coefficient (Wildman–Crippen LogP) is 2.21. The first-order valence-corrected chi connectivity index (χ1v) is 6.28. The van der Waals surface area contributed by atoms with Gasteiger partial charge in [-0.3, -0.25) is 0 Å². The number of likely N-dealkylation sites (tertiary alicyclic amines) is 1. The summed E-state index contributed by atoms with van der Waals surface area (Å²) in [5, 5.41) is 8.88. The molecule has 1 aliphatic carbocycles. The van der Waals surface area contributed by atoms with Gasteiger partial charge in [-0.05, 0) is 32.2 Å². The lowest BCUT2D eigenvalue weighted by Gasteiger charge is -2.27. The molecule has 0 radical (unpaired) electrons. The van der Waals surface area contributed by atoms with E-state index in [2.05, 4.69) is 4.90 Å². The Morgan fingerprint density at radius 3 is 2.50 bits per heavy atom. The summed E-state index contributed by atoms with van der Waals surface area (Å²) in [5.41, 5.74) is -1.98. The number of carboxylic acid groups (broad SMARTS) is 1. The number of nitrogens with zero attached hydrogens (tertiary/aromatic N) is 1. The van der Waals surface area contributed by atoms with Crippen molar-refractivity contribution >= 4 is 5.97 Å². The Morgan fingerprint density at radius 2 is 1.88 bits per heavy atom. The Labute approximate surface area is 95.6 Å². The highest BCUT2D eigenvalue weighted by atomic mass is 19.1. The van der Waals surface area contributed by atoms with Crippen LogP contribution in [0.2, 0.25) is 0 Å². The largest absolute Gasteiger partial charge is 0.479 e. The Bertz CT molecular complexity index is 266. The zero-order valence-corrected chi connectivity index (χ0v) is 9.62. The molecule has 0 aromatic carbocycles. The van der Waals surface area contributed by atoms with Crippen molar-refractivity contribution in [2.45, 2.75) is 56.7 Å². The standard InChI is InChI=1S/C12H20FNO2/c13-12(11(15)16)6-3-8-14(9-7-12)10-4-1-2-5-10/h10H,1-9H2,(H,15,16). The number of carboxylic acids is 1. The van der Waals surface area contributed by atoms with Crippen molar-refractivity contribution in [1.82, 2.24) is 4.90 Å². The zero-order valence-electron chi connectivity index (χ0n) is 9.62. The molecule has 0 amide bonds. The van der Waals surface area contributed by atoms with E-state index in [1.54, 1.807) is 0 Å². The van der Waals surface area contributed by atoms with Crippen molar-refractivity contribution in [1.29, 1.82) is 0 Å². The maximum atomic E-state index is 14.0. The van der Waals surface area contributed by atoms with Crippen LogP contribution >= 0.6 is 0 Å². The zero-order chi connectivity index (χ0) is 11.6. The van der Waals surface area contributed by atoms with Crippen molar-refractivity contribution in [3.05, 3.63) is 0 Å². The Kier molecular flexibility index (Phi) is 3.47. The summed E-state index contributed by atoms with van der Waals surface area (Å²) < 4.78 is 14.0. The fourth-order valence-electron chi connectivity index (χ4n) is 2.97. The van der Waals surface area contributed by atoms with Crippen molar-refractivity contribution in [3.63, 3.8) is 0 Å².